The fraction of sp³-hybridized carbons (Fsp3) is 0.909. The number of hydrogen-bond acceptors (Lipinski definition) is 1. The van der Waals surface area contributed by atoms with Gasteiger partial charge in [-0.3, -0.25) is 0 Å². The molecule has 0 aromatic heterocycles. The van der Waals surface area contributed by atoms with E-state index in [0.29, 0.717) is 6.04 Å². The molecule has 2 nitrogen and oxygen atoms in total. The van der Waals surface area contributed by atoms with E-state index in [1.165, 1.54) is 25.7 Å². The molecule has 2 aliphatic carbocycles. The summed E-state index contributed by atoms with van der Waals surface area (Å²) in [5.41, 5.74) is 0. The van der Waals surface area contributed by atoms with Gasteiger partial charge in [-0.2, -0.15) is 0 Å². The maximum atomic E-state index is 5.25. The third kappa shape index (κ3) is 2.38. The summed E-state index contributed by atoms with van der Waals surface area (Å²) in [6.07, 6.45) is 6.73. The molecule has 0 saturated heterocycles. The first-order chi connectivity index (χ1) is 6.81. The quantitative estimate of drug-likeness (QED) is 0.700. The maximum absolute atomic E-state index is 5.25. The normalized spacial score (nSPS) is 34.5. The molecule has 0 radical (unpaired) electrons. The van der Waals surface area contributed by atoms with Crippen molar-refractivity contribution in [3.8, 4) is 0 Å². The van der Waals surface area contributed by atoms with E-state index in [1.54, 1.807) is 0 Å². The number of rotatable bonds is 3. The van der Waals surface area contributed by atoms with Crippen LogP contribution >= 0.6 is 12.2 Å². The number of thiocarbonyl (C=S) groups is 1. The molecule has 3 unspecified atom stereocenters. The van der Waals surface area contributed by atoms with E-state index in [2.05, 4.69) is 17.6 Å². The molecule has 0 bridgehead atoms. The number of hydrogen-bond donors (Lipinski definition) is 2. The van der Waals surface area contributed by atoms with Gasteiger partial charge in [0.05, 0.1) is 0 Å². The molecule has 2 rings (SSSR count). The first-order valence-corrected chi connectivity index (χ1v) is 6.26. The Morgan fingerprint density at radius 1 is 1.43 bits per heavy atom. The van der Waals surface area contributed by atoms with Gasteiger partial charge in [0.15, 0.2) is 5.11 Å². The van der Waals surface area contributed by atoms with Crippen LogP contribution in [0.2, 0.25) is 0 Å². The molecule has 0 aliphatic heterocycles. The van der Waals surface area contributed by atoms with E-state index in [4.69, 9.17) is 12.2 Å². The molecule has 2 fully saturated rings. The maximum Gasteiger partial charge on any atom is 0.166 e. The molecule has 0 aromatic rings. The first-order valence-electron chi connectivity index (χ1n) is 5.85. The van der Waals surface area contributed by atoms with Crippen LogP contribution in [0.1, 0.15) is 39.0 Å². The van der Waals surface area contributed by atoms with Gasteiger partial charge in [-0.05, 0) is 43.3 Å². The molecule has 0 heterocycles. The summed E-state index contributed by atoms with van der Waals surface area (Å²) in [7, 11) is 0. The lowest BCUT2D eigenvalue weighted by molar-refractivity contribution is 0.390. The smallest absolute Gasteiger partial charge is 0.166 e. The Kier molecular flexibility index (Phi) is 3.26. The van der Waals surface area contributed by atoms with Crippen molar-refractivity contribution < 1.29 is 0 Å². The van der Waals surface area contributed by atoms with Crippen molar-refractivity contribution in [3.63, 3.8) is 0 Å². The summed E-state index contributed by atoms with van der Waals surface area (Å²) in [6.45, 7) is 3.15. The zero-order valence-electron chi connectivity index (χ0n) is 8.88. The van der Waals surface area contributed by atoms with Crippen LogP contribution in [0.4, 0.5) is 0 Å². The van der Waals surface area contributed by atoms with Crippen LogP contribution in [0.5, 0.6) is 0 Å². The molecule has 0 spiro atoms. The predicted octanol–water partition coefficient (Wildman–Crippen LogP) is 2.05. The van der Waals surface area contributed by atoms with Gasteiger partial charge in [-0.25, -0.2) is 0 Å². The molecule has 2 aliphatic rings. The highest BCUT2D eigenvalue weighted by atomic mass is 32.1. The van der Waals surface area contributed by atoms with Crippen molar-refractivity contribution in [2.24, 2.45) is 11.8 Å². The van der Waals surface area contributed by atoms with Crippen molar-refractivity contribution in [2.75, 3.05) is 6.54 Å². The van der Waals surface area contributed by atoms with Crippen LogP contribution in [0, 0.1) is 11.8 Å². The molecule has 3 heteroatoms. The summed E-state index contributed by atoms with van der Waals surface area (Å²) in [5.74, 6) is 1.96. The van der Waals surface area contributed by atoms with Crippen molar-refractivity contribution in [3.05, 3.63) is 0 Å². The van der Waals surface area contributed by atoms with Crippen molar-refractivity contribution in [1.82, 2.24) is 10.6 Å². The van der Waals surface area contributed by atoms with Gasteiger partial charge in [0.2, 0.25) is 0 Å². The van der Waals surface area contributed by atoms with Gasteiger partial charge in [0.25, 0.3) is 0 Å². The number of fused-ring (bicyclic) bond motifs is 1. The first kappa shape index (κ1) is 10.2. The molecule has 0 amide bonds. The van der Waals surface area contributed by atoms with E-state index < -0.39 is 0 Å². The Labute approximate surface area is 91.8 Å². The highest BCUT2D eigenvalue weighted by molar-refractivity contribution is 7.80. The van der Waals surface area contributed by atoms with Crippen LogP contribution < -0.4 is 10.6 Å². The van der Waals surface area contributed by atoms with Gasteiger partial charge >= 0.3 is 0 Å². The van der Waals surface area contributed by atoms with Crippen LogP contribution in [0.25, 0.3) is 0 Å². The standard InChI is InChI=1S/C11H20N2S/c1-2-6-12-11(14)13-10-5-3-4-8-7-9(8)10/h8-10H,2-7H2,1H3,(H2,12,13,14). The van der Waals surface area contributed by atoms with Crippen molar-refractivity contribution in [2.45, 2.75) is 45.1 Å². The van der Waals surface area contributed by atoms with Crippen LogP contribution in [-0.4, -0.2) is 17.7 Å². The Morgan fingerprint density at radius 3 is 3.07 bits per heavy atom. The predicted molar refractivity (Wildman–Crippen MR) is 63.3 cm³/mol. The molecule has 14 heavy (non-hydrogen) atoms. The zero-order chi connectivity index (χ0) is 9.97. The fourth-order valence-corrected chi connectivity index (χ4v) is 2.80. The van der Waals surface area contributed by atoms with Gasteiger partial charge in [0.1, 0.15) is 0 Å². The molecule has 2 N–H and O–H groups in total. The second kappa shape index (κ2) is 4.47. The average Bonchev–Trinajstić information content (AvgIpc) is 2.94. The summed E-state index contributed by atoms with van der Waals surface area (Å²) in [6, 6.07) is 0.672. The molecular weight excluding hydrogens is 192 g/mol. The van der Waals surface area contributed by atoms with Crippen LogP contribution in [0.3, 0.4) is 0 Å². The van der Waals surface area contributed by atoms with E-state index in [1.807, 2.05) is 0 Å². The third-order valence-corrected chi connectivity index (χ3v) is 3.70. The average molecular weight is 212 g/mol. The lowest BCUT2D eigenvalue weighted by atomic mass is 9.96. The van der Waals surface area contributed by atoms with Gasteiger partial charge < -0.3 is 10.6 Å². The molecule has 2 saturated carbocycles. The van der Waals surface area contributed by atoms with Crippen molar-refractivity contribution >= 4 is 17.3 Å². The highest BCUT2D eigenvalue weighted by Crippen LogP contribution is 2.49. The minimum Gasteiger partial charge on any atom is -0.363 e. The second-order valence-corrected chi connectivity index (χ2v) is 5.01. The third-order valence-electron chi connectivity index (χ3n) is 3.44. The van der Waals surface area contributed by atoms with E-state index in [9.17, 15) is 0 Å². The topological polar surface area (TPSA) is 24.1 Å². The van der Waals surface area contributed by atoms with Gasteiger partial charge in [-0.1, -0.05) is 19.8 Å². The molecule has 3 atom stereocenters. The van der Waals surface area contributed by atoms with E-state index >= 15 is 0 Å². The zero-order valence-corrected chi connectivity index (χ0v) is 9.70. The Morgan fingerprint density at radius 2 is 2.29 bits per heavy atom. The van der Waals surface area contributed by atoms with Crippen LogP contribution in [-0.2, 0) is 0 Å². The largest absolute Gasteiger partial charge is 0.363 e. The summed E-state index contributed by atoms with van der Waals surface area (Å²) < 4.78 is 0. The summed E-state index contributed by atoms with van der Waals surface area (Å²) in [4.78, 5) is 0. The van der Waals surface area contributed by atoms with Gasteiger partial charge in [-0.15, -0.1) is 0 Å². The fourth-order valence-electron chi connectivity index (χ4n) is 2.55. The Bertz CT molecular complexity index is 217. The monoisotopic (exact) mass is 212 g/mol. The van der Waals surface area contributed by atoms with Crippen molar-refractivity contribution in [1.29, 1.82) is 0 Å². The van der Waals surface area contributed by atoms with Gasteiger partial charge in [0, 0.05) is 12.6 Å². The lowest BCUT2D eigenvalue weighted by Gasteiger charge is -2.24. The lowest BCUT2D eigenvalue weighted by Crippen LogP contribution is -2.44. The highest BCUT2D eigenvalue weighted by Gasteiger charge is 2.45. The van der Waals surface area contributed by atoms with Crippen LogP contribution in [0.15, 0.2) is 0 Å². The minimum atomic E-state index is 0.672. The summed E-state index contributed by atoms with van der Waals surface area (Å²) >= 11 is 5.25. The minimum absolute atomic E-state index is 0.672. The van der Waals surface area contributed by atoms with E-state index in [-0.39, 0.29) is 0 Å². The van der Waals surface area contributed by atoms with E-state index in [0.717, 1.165) is 29.9 Å². The molecule has 0 aromatic carbocycles. The SMILES string of the molecule is CCCNC(=S)NC1CCCC2CC21. The summed E-state index contributed by atoms with van der Waals surface area (Å²) in [5, 5.41) is 7.57. The second-order valence-electron chi connectivity index (χ2n) is 4.60. The molecular formula is C11H20N2S. The Balaban J connectivity index is 1.71. The molecule has 80 valence electrons. The number of nitrogens with one attached hydrogen (secondary N) is 2. The Hall–Kier alpha value is -0.310.